The summed E-state index contributed by atoms with van der Waals surface area (Å²) in [7, 11) is -3.54. The Morgan fingerprint density at radius 2 is 2.00 bits per heavy atom. The summed E-state index contributed by atoms with van der Waals surface area (Å²) in [5.41, 5.74) is 5.35. The molecular formula is C11H15ClN2O2S2. The van der Waals surface area contributed by atoms with E-state index in [2.05, 4.69) is 4.72 Å². The smallest absolute Gasteiger partial charge is 0.242 e. The van der Waals surface area contributed by atoms with Gasteiger partial charge in [0.2, 0.25) is 10.0 Å². The van der Waals surface area contributed by atoms with E-state index in [1.807, 2.05) is 0 Å². The minimum absolute atomic E-state index is 0.0982. The van der Waals surface area contributed by atoms with Gasteiger partial charge in [-0.2, -0.15) is 0 Å². The molecule has 0 aliphatic heterocycles. The molecule has 0 aromatic heterocycles. The first-order valence-corrected chi connectivity index (χ1v) is 7.73. The first-order valence-electron chi connectivity index (χ1n) is 5.46. The molecule has 1 aromatic carbocycles. The number of hydrogen-bond donors (Lipinski definition) is 2. The van der Waals surface area contributed by atoms with E-state index in [4.69, 9.17) is 29.6 Å². The molecular weight excluding hydrogens is 292 g/mol. The second-order valence-corrected chi connectivity index (χ2v) is 6.42. The van der Waals surface area contributed by atoms with E-state index in [-0.39, 0.29) is 9.92 Å². The average Bonchev–Trinajstić information content (AvgIpc) is 2.28. The van der Waals surface area contributed by atoms with Gasteiger partial charge in [0, 0.05) is 6.54 Å². The van der Waals surface area contributed by atoms with Gasteiger partial charge in [0.05, 0.1) is 10.0 Å². The molecule has 1 aromatic rings. The molecule has 0 bridgehead atoms. The van der Waals surface area contributed by atoms with E-state index in [1.165, 1.54) is 6.07 Å². The summed E-state index contributed by atoms with van der Waals surface area (Å²) in [6.07, 6.45) is 2.07. The van der Waals surface area contributed by atoms with Crippen molar-refractivity contribution in [2.45, 2.75) is 24.2 Å². The van der Waals surface area contributed by atoms with Crippen LogP contribution in [-0.4, -0.2) is 20.0 Å². The maximum absolute atomic E-state index is 11.9. The Morgan fingerprint density at radius 3 is 2.61 bits per heavy atom. The molecule has 1 rings (SSSR count). The van der Waals surface area contributed by atoms with Crippen molar-refractivity contribution in [2.24, 2.45) is 5.73 Å². The third kappa shape index (κ3) is 4.89. The van der Waals surface area contributed by atoms with Crippen LogP contribution in [0.25, 0.3) is 0 Å². The summed E-state index contributed by atoms with van der Waals surface area (Å²) in [6.45, 7) is 0.343. The highest BCUT2D eigenvalue weighted by atomic mass is 35.5. The van der Waals surface area contributed by atoms with Crippen molar-refractivity contribution in [1.82, 2.24) is 4.72 Å². The first-order chi connectivity index (χ1) is 8.43. The number of unbranched alkanes of at least 4 members (excludes halogenated alkanes) is 1. The molecule has 0 saturated carbocycles. The molecule has 3 N–H and O–H groups in total. The number of benzene rings is 1. The Labute approximate surface area is 118 Å². The van der Waals surface area contributed by atoms with E-state index in [0.717, 1.165) is 6.42 Å². The van der Waals surface area contributed by atoms with Gasteiger partial charge in [-0.1, -0.05) is 36.0 Å². The van der Waals surface area contributed by atoms with Crippen molar-refractivity contribution in [3.8, 4) is 0 Å². The molecule has 0 radical (unpaired) electrons. The Hall–Kier alpha value is -0.690. The summed E-state index contributed by atoms with van der Waals surface area (Å²) < 4.78 is 26.3. The Balaban J connectivity index is 2.51. The Morgan fingerprint density at radius 1 is 1.33 bits per heavy atom. The van der Waals surface area contributed by atoms with Gasteiger partial charge in [0.1, 0.15) is 4.90 Å². The number of rotatable bonds is 7. The zero-order valence-corrected chi connectivity index (χ0v) is 12.1. The van der Waals surface area contributed by atoms with Gasteiger partial charge >= 0.3 is 0 Å². The normalized spacial score (nSPS) is 11.4. The van der Waals surface area contributed by atoms with Crippen molar-refractivity contribution in [2.75, 3.05) is 6.54 Å². The molecule has 4 nitrogen and oxygen atoms in total. The van der Waals surface area contributed by atoms with Crippen LogP contribution in [0.4, 0.5) is 0 Å². The van der Waals surface area contributed by atoms with Gasteiger partial charge < -0.3 is 5.73 Å². The second kappa shape index (κ2) is 7.04. The van der Waals surface area contributed by atoms with Crippen LogP contribution in [0, 0.1) is 0 Å². The van der Waals surface area contributed by atoms with Crippen LogP contribution < -0.4 is 10.5 Å². The van der Waals surface area contributed by atoms with Crippen LogP contribution in [0.15, 0.2) is 29.2 Å². The third-order valence-corrected chi connectivity index (χ3v) is 4.43. The zero-order chi connectivity index (χ0) is 13.6. The summed E-state index contributed by atoms with van der Waals surface area (Å²) in [5.74, 6) is 0. The van der Waals surface area contributed by atoms with Crippen molar-refractivity contribution in [3.63, 3.8) is 0 Å². The van der Waals surface area contributed by atoms with E-state index < -0.39 is 10.0 Å². The topological polar surface area (TPSA) is 72.2 Å². The Bertz CT molecular complexity index is 518. The van der Waals surface area contributed by atoms with Crippen molar-refractivity contribution < 1.29 is 8.42 Å². The van der Waals surface area contributed by atoms with Gasteiger partial charge in [-0.3, -0.25) is 0 Å². The second-order valence-electron chi connectivity index (χ2n) is 3.75. The third-order valence-electron chi connectivity index (χ3n) is 2.27. The Kier molecular flexibility index (Phi) is 6.01. The fourth-order valence-corrected chi connectivity index (χ4v) is 3.11. The lowest BCUT2D eigenvalue weighted by Crippen LogP contribution is -2.25. The number of nitrogens with two attached hydrogens (primary N) is 1. The lowest BCUT2D eigenvalue weighted by Gasteiger charge is -2.07. The number of halogens is 1. The van der Waals surface area contributed by atoms with Crippen LogP contribution in [0.3, 0.4) is 0 Å². The first kappa shape index (κ1) is 15.4. The van der Waals surface area contributed by atoms with Gasteiger partial charge in [-0.15, -0.1) is 0 Å². The molecule has 7 heteroatoms. The summed E-state index contributed by atoms with van der Waals surface area (Å²) in [6, 6.07) is 6.33. The van der Waals surface area contributed by atoms with E-state index in [1.54, 1.807) is 18.2 Å². The maximum Gasteiger partial charge on any atom is 0.242 e. The fraction of sp³-hybridized carbons (Fsp3) is 0.364. The largest absolute Gasteiger partial charge is 0.393 e. The van der Waals surface area contributed by atoms with Crippen LogP contribution in [-0.2, 0) is 10.0 Å². The SMILES string of the molecule is NC(=S)CCCCNS(=O)(=O)c1ccccc1Cl. The molecule has 0 unspecified atom stereocenters. The van der Waals surface area contributed by atoms with E-state index >= 15 is 0 Å². The van der Waals surface area contributed by atoms with Gasteiger partial charge in [-0.05, 0) is 31.4 Å². The lowest BCUT2D eigenvalue weighted by atomic mass is 10.2. The standard InChI is InChI=1S/C11H15ClN2O2S2/c12-9-5-1-2-6-10(9)18(15,16)14-8-4-3-7-11(13)17/h1-2,5-6,14H,3-4,7-8H2,(H2,13,17). The predicted octanol–water partition coefficient (Wildman–Crippen LogP) is 2.07. The van der Waals surface area contributed by atoms with Crippen molar-refractivity contribution >= 4 is 38.8 Å². The van der Waals surface area contributed by atoms with E-state index in [9.17, 15) is 8.42 Å². The molecule has 0 fully saturated rings. The van der Waals surface area contributed by atoms with E-state index in [0.29, 0.717) is 24.4 Å². The van der Waals surface area contributed by atoms with Crippen molar-refractivity contribution in [1.29, 1.82) is 0 Å². The summed E-state index contributed by atoms with van der Waals surface area (Å²) in [4.78, 5) is 0.546. The van der Waals surface area contributed by atoms with Gasteiger partial charge in [-0.25, -0.2) is 13.1 Å². The molecule has 0 aliphatic carbocycles. The highest BCUT2D eigenvalue weighted by Crippen LogP contribution is 2.19. The number of nitrogens with one attached hydrogen (secondary N) is 1. The average molecular weight is 307 g/mol. The van der Waals surface area contributed by atoms with Crippen LogP contribution in [0.5, 0.6) is 0 Å². The molecule has 0 aliphatic rings. The molecule has 18 heavy (non-hydrogen) atoms. The highest BCUT2D eigenvalue weighted by Gasteiger charge is 2.16. The van der Waals surface area contributed by atoms with Gasteiger partial charge in [0.15, 0.2) is 0 Å². The monoisotopic (exact) mass is 306 g/mol. The maximum atomic E-state index is 11.9. The van der Waals surface area contributed by atoms with Gasteiger partial charge in [0.25, 0.3) is 0 Å². The van der Waals surface area contributed by atoms with Crippen LogP contribution in [0.1, 0.15) is 19.3 Å². The highest BCUT2D eigenvalue weighted by molar-refractivity contribution is 7.89. The van der Waals surface area contributed by atoms with Crippen LogP contribution in [0.2, 0.25) is 5.02 Å². The fourth-order valence-electron chi connectivity index (χ4n) is 1.37. The molecule has 0 heterocycles. The molecule has 0 saturated heterocycles. The summed E-state index contributed by atoms with van der Waals surface area (Å²) in [5, 5.41) is 0.216. The lowest BCUT2D eigenvalue weighted by molar-refractivity contribution is 0.577. The van der Waals surface area contributed by atoms with Crippen LogP contribution >= 0.6 is 23.8 Å². The minimum atomic E-state index is -3.54. The zero-order valence-electron chi connectivity index (χ0n) is 9.73. The number of thiocarbonyl (C=S) groups is 1. The number of sulfonamides is 1. The van der Waals surface area contributed by atoms with Crippen molar-refractivity contribution in [3.05, 3.63) is 29.3 Å². The summed E-state index contributed by atoms with van der Waals surface area (Å²) >= 11 is 10.6. The minimum Gasteiger partial charge on any atom is -0.393 e. The molecule has 0 atom stereocenters. The molecule has 0 spiro atoms. The number of hydrogen-bond acceptors (Lipinski definition) is 3. The molecule has 100 valence electrons. The predicted molar refractivity (Wildman–Crippen MR) is 77.3 cm³/mol. The molecule has 0 amide bonds. The quantitative estimate of drug-likeness (QED) is 0.597.